The molecule has 0 aromatic carbocycles. The van der Waals surface area contributed by atoms with E-state index in [4.69, 9.17) is 11.5 Å². The molecule has 0 spiro atoms. The third-order valence-electron chi connectivity index (χ3n) is 1.62. The van der Waals surface area contributed by atoms with E-state index in [2.05, 4.69) is 19.9 Å². The van der Waals surface area contributed by atoms with Crippen molar-refractivity contribution < 1.29 is 0 Å². The molecule has 0 aliphatic heterocycles. The fourth-order valence-electron chi connectivity index (χ4n) is 1.01. The minimum atomic E-state index is -0.322. The van der Waals surface area contributed by atoms with Crippen molar-refractivity contribution in [2.45, 2.75) is 10.2 Å². The number of aromatic nitrogens is 4. The van der Waals surface area contributed by atoms with Crippen LogP contribution in [-0.2, 0) is 0 Å². The van der Waals surface area contributed by atoms with E-state index in [1.807, 2.05) is 0 Å². The van der Waals surface area contributed by atoms with Gasteiger partial charge < -0.3 is 16.5 Å². The minimum absolute atomic E-state index is 0.147. The van der Waals surface area contributed by atoms with E-state index in [1.54, 1.807) is 0 Å². The Labute approximate surface area is 94.3 Å². The number of nitrogen functional groups attached to an aromatic ring is 2. The van der Waals surface area contributed by atoms with Gasteiger partial charge in [-0.25, -0.2) is 15.0 Å². The van der Waals surface area contributed by atoms with Gasteiger partial charge in [0.2, 0.25) is 0 Å². The van der Waals surface area contributed by atoms with E-state index in [1.165, 1.54) is 18.5 Å². The normalized spacial score (nSPS) is 10.2. The van der Waals surface area contributed by atoms with Crippen LogP contribution in [0.4, 0.5) is 11.6 Å². The SMILES string of the molecule is Nc1cc(=O)[nH]c(Sc2nccnc2N)n1. The fraction of sp³-hybridized carbons (Fsp3) is 0. The summed E-state index contributed by atoms with van der Waals surface area (Å²) >= 11 is 1.10. The summed E-state index contributed by atoms with van der Waals surface area (Å²) in [4.78, 5) is 25.4. The Morgan fingerprint density at radius 2 is 2.00 bits per heavy atom. The highest BCUT2D eigenvalue weighted by molar-refractivity contribution is 7.99. The summed E-state index contributed by atoms with van der Waals surface area (Å²) in [6.07, 6.45) is 2.98. The number of nitrogens with zero attached hydrogens (tertiary/aromatic N) is 3. The van der Waals surface area contributed by atoms with Crippen molar-refractivity contribution in [3.63, 3.8) is 0 Å². The van der Waals surface area contributed by atoms with Crippen LogP contribution in [0.15, 0.2) is 33.4 Å². The molecule has 2 aromatic heterocycles. The van der Waals surface area contributed by atoms with Gasteiger partial charge in [0.15, 0.2) is 11.0 Å². The van der Waals surface area contributed by atoms with Gasteiger partial charge in [-0.3, -0.25) is 4.79 Å². The van der Waals surface area contributed by atoms with Crippen LogP contribution in [0.25, 0.3) is 0 Å². The van der Waals surface area contributed by atoms with Crippen LogP contribution in [0.3, 0.4) is 0 Å². The maximum Gasteiger partial charge on any atom is 0.253 e. The van der Waals surface area contributed by atoms with Gasteiger partial charge in [0.25, 0.3) is 5.56 Å². The van der Waals surface area contributed by atoms with Crippen LogP contribution < -0.4 is 17.0 Å². The van der Waals surface area contributed by atoms with Crippen molar-refractivity contribution in [2.24, 2.45) is 0 Å². The molecule has 0 saturated heterocycles. The van der Waals surface area contributed by atoms with Gasteiger partial charge in [0.05, 0.1) is 0 Å². The van der Waals surface area contributed by atoms with E-state index in [0.29, 0.717) is 10.2 Å². The Kier molecular flexibility index (Phi) is 2.73. The summed E-state index contributed by atoms with van der Waals surface area (Å²) < 4.78 is 0. The number of nitrogens with two attached hydrogens (primary N) is 2. The van der Waals surface area contributed by atoms with E-state index < -0.39 is 0 Å². The lowest BCUT2D eigenvalue weighted by Gasteiger charge is -2.02. The molecule has 2 rings (SSSR count). The highest BCUT2D eigenvalue weighted by atomic mass is 32.2. The Hall–Kier alpha value is -2.09. The van der Waals surface area contributed by atoms with Crippen LogP contribution in [0.5, 0.6) is 0 Å². The zero-order valence-corrected chi connectivity index (χ0v) is 8.86. The first-order valence-corrected chi connectivity index (χ1v) is 5.08. The zero-order valence-electron chi connectivity index (χ0n) is 8.04. The number of aromatic amines is 1. The van der Waals surface area contributed by atoms with Crippen LogP contribution >= 0.6 is 11.8 Å². The Bertz CT molecular complexity index is 568. The second-order valence-electron chi connectivity index (χ2n) is 2.82. The molecule has 0 amide bonds. The second kappa shape index (κ2) is 4.19. The lowest BCUT2D eigenvalue weighted by molar-refractivity contribution is 0.938. The average molecular weight is 236 g/mol. The van der Waals surface area contributed by atoms with Gasteiger partial charge in [-0.2, -0.15) is 0 Å². The number of hydrogen-bond donors (Lipinski definition) is 3. The standard InChI is InChI=1S/C8H8N6OS/c9-4-3-5(15)14-8(13-4)16-7-6(10)11-1-2-12-7/h1-3H,(H2,10,11)(H3,9,13,14,15). The lowest BCUT2D eigenvalue weighted by atomic mass is 10.6. The zero-order chi connectivity index (χ0) is 11.5. The van der Waals surface area contributed by atoms with Crippen molar-refractivity contribution in [1.29, 1.82) is 0 Å². The Balaban J connectivity index is 2.34. The highest BCUT2D eigenvalue weighted by Gasteiger charge is 2.06. The minimum Gasteiger partial charge on any atom is -0.383 e. The van der Waals surface area contributed by atoms with Crippen molar-refractivity contribution in [1.82, 2.24) is 19.9 Å². The summed E-state index contributed by atoms with van der Waals surface area (Å²) in [5.41, 5.74) is 10.7. The Morgan fingerprint density at radius 3 is 2.69 bits per heavy atom. The number of nitrogens with one attached hydrogen (secondary N) is 1. The molecule has 7 nitrogen and oxygen atoms in total. The molecule has 0 aliphatic rings. The van der Waals surface area contributed by atoms with Gasteiger partial charge in [-0.1, -0.05) is 0 Å². The van der Waals surface area contributed by atoms with Crippen LogP contribution in [0.2, 0.25) is 0 Å². The molecule has 16 heavy (non-hydrogen) atoms. The number of hydrogen-bond acceptors (Lipinski definition) is 7. The first-order chi connectivity index (χ1) is 7.65. The molecule has 0 radical (unpaired) electrons. The largest absolute Gasteiger partial charge is 0.383 e. The second-order valence-corrected chi connectivity index (χ2v) is 3.80. The molecule has 0 aliphatic carbocycles. The van der Waals surface area contributed by atoms with Crippen molar-refractivity contribution in [3.8, 4) is 0 Å². The number of rotatable bonds is 2. The summed E-state index contributed by atoms with van der Waals surface area (Å²) in [5, 5.41) is 0.799. The fourth-order valence-corrected chi connectivity index (χ4v) is 1.76. The quantitative estimate of drug-likeness (QED) is 0.620. The summed E-state index contributed by atoms with van der Waals surface area (Å²) in [6.45, 7) is 0. The van der Waals surface area contributed by atoms with Crippen molar-refractivity contribution >= 4 is 23.4 Å². The van der Waals surface area contributed by atoms with E-state index >= 15 is 0 Å². The molecule has 8 heteroatoms. The first kappa shape index (κ1) is 10.4. The highest BCUT2D eigenvalue weighted by Crippen LogP contribution is 2.25. The van der Waals surface area contributed by atoms with Gasteiger partial charge >= 0.3 is 0 Å². The molecule has 0 saturated carbocycles. The number of H-pyrrole nitrogens is 1. The summed E-state index contributed by atoms with van der Waals surface area (Å²) in [7, 11) is 0. The molecule has 5 N–H and O–H groups in total. The van der Waals surface area contributed by atoms with Crippen LogP contribution in [0.1, 0.15) is 0 Å². The predicted molar refractivity (Wildman–Crippen MR) is 59.8 cm³/mol. The lowest BCUT2D eigenvalue weighted by Crippen LogP contribution is -2.09. The molecule has 2 aromatic rings. The number of anilines is 2. The smallest absolute Gasteiger partial charge is 0.253 e. The molecule has 0 atom stereocenters. The van der Waals surface area contributed by atoms with Crippen molar-refractivity contribution in [2.75, 3.05) is 11.5 Å². The molecule has 0 unspecified atom stereocenters. The topological polar surface area (TPSA) is 124 Å². The van der Waals surface area contributed by atoms with Gasteiger partial charge in [-0.05, 0) is 11.8 Å². The molecular formula is C8H8N6OS. The summed E-state index contributed by atoms with van der Waals surface area (Å²) in [6, 6.07) is 1.20. The molecule has 82 valence electrons. The molecule has 0 fully saturated rings. The molecule has 0 bridgehead atoms. The third kappa shape index (κ3) is 2.28. The van der Waals surface area contributed by atoms with E-state index in [9.17, 15) is 4.79 Å². The third-order valence-corrected chi connectivity index (χ3v) is 2.52. The van der Waals surface area contributed by atoms with Gasteiger partial charge in [-0.15, -0.1) is 0 Å². The average Bonchev–Trinajstić information content (AvgIpc) is 2.20. The monoisotopic (exact) mass is 236 g/mol. The predicted octanol–water partition coefficient (Wildman–Crippen LogP) is -0.125. The summed E-state index contributed by atoms with van der Waals surface area (Å²) in [5.74, 6) is 0.422. The van der Waals surface area contributed by atoms with E-state index in [-0.39, 0.29) is 17.2 Å². The Morgan fingerprint density at radius 1 is 1.25 bits per heavy atom. The van der Waals surface area contributed by atoms with Crippen LogP contribution in [0, 0.1) is 0 Å². The maximum atomic E-state index is 11.1. The van der Waals surface area contributed by atoms with E-state index in [0.717, 1.165) is 11.8 Å². The van der Waals surface area contributed by atoms with Crippen molar-refractivity contribution in [3.05, 3.63) is 28.8 Å². The van der Waals surface area contributed by atoms with Gasteiger partial charge in [0, 0.05) is 18.5 Å². The maximum absolute atomic E-state index is 11.1. The molecule has 2 heterocycles. The van der Waals surface area contributed by atoms with Gasteiger partial charge in [0.1, 0.15) is 10.8 Å². The van der Waals surface area contributed by atoms with Crippen LogP contribution in [-0.4, -0.2) is 19.9 Å². The molecular weight excluding hydrogens is 228 g/mol. The first-order valence-electron chi connectivity index (χ1n) is 4.26.